The Balaban J connectivity index is 3.14. The van der Waals surface area contributed by atoms with E-state index in [1.807, 2.05) is 0 Å². The lowest BCUT2D eigenvalue weighted by Crippen LogP contribution is -1.96. The number of nitrogens with two attached hydrogens (primary N) is 1. The zero-order chi connectivity index (χ0) is 7.56. The fraction of sp³-hybridized carbons (Fsp3) is 0.143. The molecule has 0 unspecified atom stereocenters. The van der Waals surface area contributed by atoms with Gasteiger partial charge in [0, 0.05) is 6.54 Å². The van der Waals surface area contributed by atoms with Gasteiger partial charge in [-0.3, -0.25) is 0 Å². The molecule has 0 saturated carbocycles. The summed E-state index contributed by atoms with van der Waals surface area (Å²) in [6.45, 7) is 0.354. The molecule has 0 bridgehead atoms. The van der Waals surface area contributed by atoms with E-state index < -0.39 is 0 Å². The number of benzene rings is 1. The molecule has 0 fully saturated rings. The zero-order valence-corrected chi connectivity index (χ0v) is 6.10. The molecule has 3 N–H and O–H groups in total. The number of phenols is 1. The van der Waals surface area contributed by atoms with Crippen molar-refractivity contribution >= 4 is 11.6 Å². The molecule has 0 heterocycles. The van der Waals surface area contributed by atoms with Crippen molar-refractivity contribution < 1.29 is 5.11 Å². The number of phenolic OH excluding ortho intramolecular Hbond substituents is 1. The molecule has 0 radical (unpaired) electrons. The molecule has 1 rings (SSSR count). The minimum atomic E-state index is 0.0876. The number of halogens is 1. The number of hydrogen-bond donors (Lipinski definition) is 2. The molecule has 54 valence electrons. The van der Waals surface area contributed by atoms with Crippen LogP contribution in [-0.2, 0) is 6.54 Å². The Morgan fingerprint density at radius 2 is 2.20 bits per heavy atom. The highest BCUT2D eigenvalue weighted by Crippen LogP contribution is 2.25. The van der Waals surface area contributed by atoms with Crippen LogP contribution in [0.3, 0.4) is 0 Å². The van der Waals surface area contributed by atoms with Crippen LogP contribution in [0.1, 0.15) is 5.56 Å². The van der Waals surface area contributed by atoms with Crippen LogP contribution < -0.4 is 5.73 Å². The predicted octanol–water partition coefficient (Wildman–Crippen LogP) is 1.50. The van der Waals surface area contributed by atoms with Crippen molar-refractivity contribution in [2.75, 3.05) is 0 Å². The SMILES string of the molecule is NCc1cccc(O)c1Cl. The van der Waals surface area contributed by atoms with E-state index in [4.69, 9.17) is 22.4 Å². The van der Waals surface area contributed by atoms with Crippen LogP contribution in [0.4, 0.5) is 0 Å². The van der Waals surface area contributed by atoms with E-state index in [2.05, 4.69) is 0 Å². The van der Waals surface area contributed by atoms with Crippen molar-refractivity contribution in [3.63, 3.8) is 0 Å². The monoisotopic (exact) mass is 157 g/mol. The highest BCUT2D eigenvalue weighted by atomic mass is 35.5. The molecule has 1 aromatic rings. The van der Waals surface area contributed by atoms with Crippen molar-refractivity contribution in [3.8, 4) is 5.75 Å². The Hall–Kier alpha value is -0.730. The smallest absolute Gasteiger partial charge is 0.134 e. The molecule has 0 aliphatic carbocycles. The molecule has 1 aromatic carbocycles. The standard InChI is InChI=1S/C7H8ClNO/c8-7-5(4-9)2-1-3-6(7)10/h1-3,10H,4,9H2. The maximum Gasteiger partial charge on any atom is 0.134 e. The lowest BCUT2D eigenvalue weighted by atomic mass is 10.2. The van der Waals surface area contributed by atoms with Crippen molar-refractivity contribution in [1.29, 1.82) is 0 Å². The van der Waals surface area contributed by atoms with E-state index >= 15 is 0 Å². The summed E-state index contributed by atoms with van der Waals surface area (Å²) in [6.07, 6.45) is 0. The first-order chi connectivity index (χ1) is 4.75. The Bertz CT molecular complexity index is 237. The third kappa shape index (κ3) is 1.23. The fourth-order valence-electron chi connectivity index (χ4n) is 0.724. The van der Waals surface area contributed by atoms with Gasteiger partial charge in [-0.15, -0.1) is 0 Å². The van der Waals surface area contributed by atoms with Crippen LogP contribution in [0, 0.1) is 0 Å². The summed E-state index contributed by atoms with van der Waals surface area (Å²) in [4.78, 5) is 0. The zero-order valence-electron chi connectivity index (χ0n) is 5.34. The largest absolute Gasteiger partial charge is 0.506 e. The number of aromatic hydroxyl groups is 1. The predicted molar refractivity (Wildman–Crippen MR) is 41.0 cm³/mol. The van der Waals surface area contributed by atoms with Crippen LogP contribution in [-0.4, -0.2) is 5.11 Å². The van der Waals surface area contributed by atoms with Crippen LogP contribution in [0.25, 0.3) is 0 Å². The average molecular weight is 158 g/mol. The molecule has 0 amide bonds. The summed E-state index contributed by atoms with van der Waals surface area (Å²) < 4.78 is 0. The lowest BCUT2D eigenvalue weighted by molar-refractivity contribution is 0.475. The molecule has 0 aliphatic heterocycles. The van der Waals surface area contributed by atoms with Crippen LogP contribution in [0.5, 0.6) is 5.75 Å². The first-order valence-electron chi connectivity index (χ1n) is 2.92. The van der Waals surface area contributed by atoms with Gasteiger partial charge in [-0.2, -0.15) is 0 Å². The third-order valence-corrected chi connectivity index (χ3v) is 1.71. The molecular weight excluding hydrogens is 150 g/mol. The first kappa shape index (κ1) is 7.38. The molecule has 3 heteroatoms. The highest BCUT2D eigenvalue weighted by Gasteiger charge is 2.00. The highest BCUT2D eigenvalue weighted by molar-refractivity contribution is 6.32. The summed E-state index contributed by atoms with van der Waals surface area (Å²) in [7, 11) is 0. The Morgan fingerprint density at radius 1 is 1.50 bits per heavy atom. The van der Waals surface area contributed by atoms with Gasteiger partial charge < -0.3 is 10.8 Å². The van der Waals surface area contributed by atoms with Crippen molar-refractivity contribution in [1.82, 2.24) is 0 Å². The van der Waals surface area contributed by atoms with Gasteiger partial charge in [0.15, 0.2) is 0 Å². The van der Waals surface area contributed by atoms with Gasteiger partial charge in [0.1, 0.15) is 5.75 Å². The number of rotatable bonds is 1. The van der Waals surface area contributed by atoms with Crippen LogP contribution >= 0.6 is 11.6 Å². The van der Waals surface area contributed by atoms with Crippen LogP contribution in [0.2, 0.25) is 5.02 Å². The molecule has 0 atom stereocenters. The van der Waals surface area contributed by atoms with E-state index in [0.717, 1.165) is 5.56 Å². The quantitative estimate of drug-likeness (QED) is 0.649. The second-order valence-corrected chi connectivity index (χ2v) is 2.33. The van der Waals surface area contributed by atoms with E-state index in [-0.39, 0.29) is 5.75 Å². The summed E-state index contributed by atoms with van der Waals surface area (Å²) in [5.74, 6) is 0.0876. The van der Waals surface area contributed by atoms with Gasteiger partial charge in [-0.25, -0.2) is 0 Å². The van der Waals surface area contributed by atoms with E-state index in [0.29, 0.717) is 11.6 Å². The second-order valence-electron chi connectivity index (χ2n) is 1.95. The van der Waals surface area contributed by atoms with E-state index in [9.17, 15) is 0 Å². The van der Waals surface area contributed by atoms with Gasteiger partial charge in [0.2, 0.25) is 0 Å². The lowest BCUT2D eigenvalue weighted by Gasteiger charge is -2.00. The Labute approximate surface area is 64.2 Å². The van der Waals surface area contributed by atoms with Crippen LogP contribution in [0.15, 0.2) is 18.2 Å². The molecular formula is C7H8ClNO. The molecule has 0 saturated heterocycles. The maximum atomic E-state index is 9.04. The maximum absolute atomic E-state index is 9.04. The summed E-state index contributed by atoms with van der Waals surface area (Å²) in [5, 5.41) is 9.40. The normalized spacial score (nSPS) is 9.80. The summed E-state index contributed by atoms with van der Waals surface area (Å²) >= 11 is 5.66. The van der Waals surface area contributed by atoms with Gasteiger partial charge in [0.25, 0.3) is 0 Å². The minimum absolute atomic E-state index is 0.0876. The average Bonchev–Trinajstić information content (AvgIpc) is 1.95. The molecule has 0 aliphatic rings. The van der Waals surface area contributed by atoms with Gasteiger partial charge in [0.05, 0.1) is 5.02 Å². The first-order valence-corrected chi connectivity index (χ1v) is 3.30. The number of hydrogen-bond acceptors (Lipinski definition) is 2. The topological polar surface area (TPSA) is 46.2 Å². The minimum Gasteiger partial charge on any atom is -0.506 e. The fourth-order valence-corrected chi connectivity index (χ4v) is 0.927. The summed E-state index contributed by atoms with van der Waals surface area (Å²) in [6, 6.07) is 5.02. The summed E-state index contributed by atoms with van der Waals surface area (Å²) in [5.41, 5.74) is 6.09. The Morgan fingerprint density at radius 3 is 2.70 bits per heavy atom. The van der Waals surface area contributed by atoms with Crippen molar-refractivity contribution in [3.05, 3.63) is 28.8 Å². The van der Waals surface area contributed by atoms with E-state index in [1.54, 1.807) is 12.1 Å². The second kappa shape index (κ2) is 2.90. The van der Waals surface area contributed by atoms with Gasteiger partial charge >= 0.3 is 0 Å². The van der Waals surface area contributed by atoms with E-state index in [1.165, 1.54) is 6.07 Å². The molecule has 0 spiro atoms. The third-order valence-electron chi connectivity index (χ3n) is 1.28. The molecule has 0 aromatic heterocycles. The Kier molecular flexibility index (Phi) is 2.14. The van der Waals surface area contributed by atoms with Crippen molar-refractivity contribution in [2.24, 2.45) is 5.73 Å². The molecule has 2 nitrogen and oxygen atoms in total. The molecule has 10 heavy (non-hydrogen) atoms. The van der Waals surface area contributed by atoms with Gasteiger partial charge in [-0.1, -0.05) is 23.7 Å². The van der Waals surface area contributed by atoms with Gasteiger partial charge in [-0.05, 0) is 11.6 Å². The van der Waals surface area contributed by atoms with Crippen molar-refractivity contribution in [2.45, 2.75) is 6.54 Å².